The number of hydrogen-bond donors (Lipinski definition) is 2. The molecule has 0 aromatic heterocycles. The number of carboxylic acids is 1. The number of aliphatic carboxylic acids is 1. The monoisotopic (exact) mass is 223 g/mol. The fraction of sp³-hybridized carbons (Fsp3) is 0.462. The highest BCUT2D eigenvalue weighted by atomic mass is 16.4. The standard InChI is InChI=1S/C10H14.C3H7NO2/c1-9(2)8-10-6-4-3-5-7-10;1-2(4)3(5)6/h3-7,9H,8H2,1-2H3;2H,4H2,1H3,(H,5,6). The summed E-state index contributed by atoms with van der Waals surface area (Å²) >= 11 is 0. The molecule has 16 heavy (non-hydrogen) atoms. The molecule has 1 unspecified atom stereocenters. The molecule has 0 aliphatic rings. The molecule has 0 aliphatic carbocycles. The van der Waals surface area contributed by atoms with Crippen molar-refractivity contribution >= 4 is 5.97 Å². The Morgan fingerprint density at radius 1 is 1.25 bits per heavy atom. The van der Waals surface area contributed by atoms with Crippen molar-refractivity contribution in [3.8, 4) is 0 Å². The minimum Gasteiger partial charge on any atom is -0.480 e. The lowest BCUT2D eigenvalue weighted by Gasteiger charge is -2.02. The summed E-state index contributed by atoms with van der Waals surface area (Å²) in [4.78, 5) is 9.57. The summed E-state index contributed by atoms with van der Waals surface area (Å²) in [5.74, 6) is -0.197. The molecule has 0 saturated carbocycles. The van der Waals surface area contributed by atoms with Gasteiger partial charge in [0.25, 0.3) is 0 Å². The van der Waals surface area contributed by atoms with Gasteiger partial charge in [-0.25, -0.2) is 0 Å². The first-order chi connectivity index (χ1) is 7.43. The minimum atomic E-state index is -0.963. The third-order valence-corrected chi connectivity index (χ3v) is 1.88. The van der Waals surface area contributed by atoms with Gasteiger partial charge in [-0.3, -0.25) is 4.79 Å². The average Bonchev–Trinajstić information content (AvgIpc) is 2.19. The molecule has 0 heterocycles. The zero-order valence-electron chi connectivity index (χ0n) is 10.2. The van der Waals surface area contributed by atoms with Gasteiger partial charge in [0.15, 0.2) is 0 Å². The van der Waals surface area contributed by atoms with Gasteiger partial charge < -0.3 is 10.8 Å². The number of hydrogen-bond acceptors (Lipinski definition) is 2. The van der Waals surface area contributed by atoms with Crippen LogP contribution in [0.5, 0.6) is 0 Å². The SMILES string of the molecule is CC(C)Cc1ccccc1.CC(N)C(=O)O. The molecule has 0 radical (unpaired) electrons. The summed E-state index contributed by atoms with van der Waals surface area (Å²) in [6.07, 6.45) is 1.20. The Bertz CT molecular complexity index is 294. The first-order valence-corrected chi connectivity index (χ1v) is 5.45. The van der Waals surface area contributed by atoms with Gasteiger partial charge in [-0.15, -0.1) is 0 Å². The highest BCUT2D eigenvalue weighted by Gasteiger charge is 1.99. The van der Waals surface area contributed by atoms with Crippen LogP contribution in [0.25, 0.3) is 0 Å². The lowest BCUT2D eigenvalue weighted by molar-refractivity contribution is -0.138. The number of nitrogens with two attached hydrogens (primary N) is 1. The smallest absolute Gasteiger partial charge is 0.320 e. The number of rotatable bonds is 3. The maximum Gasteiger partial charge on any atom is 0.320 e. The van der Waals surface area contributed by atoms with Crippen molar-refractivity contribution in [3.05, 3.63) is 35.9 Å². The summed E-state index contributed by atoms with van der Waals surface area (Å²) < 4.78 is 0. The van der Waals surface area contributed by atoms with Gasteiger partial charge in [-0.2, -0.15) is 0 Å². The van der Waals surface area contributed by atoms with Gasteiger partial charge in [-0.1, -0.05) is 44.2 Å². The van der Waals surface area contributed by atoms with Crippen molar-refractivity contribution in [1.29, 1.82) is 0 Å². The Labute approximate surface area is 97.3 Å². The second-order valence-corrected chi connectivity index (χ2v) is 4.21. The van der Waals surface area contributed by atoms with Crippen molar-refractivity contribution < 1.29 is 9.90 Å². The van der Waals surface area contributed by atoms with Crippen LogP contribution in [-0.2, 0) is 11.2 Å². The molecule has 0 fully saturated rings. The van der Waals surface area contributed by atoms with Crippen LogP contribution in [0.15, 0.2) is 30.3 Å². The van der Waals surface area contributed by atoms with Crippen LogP contribution >= 0.6 is 0 Å². The van der Waals surface area contributed by atoms with Gasteiger partial charge in [0.1, 0.15) is 6.04 Å². The summed E-state index contributed by atoms with van der Waals surface area (Å²) in [7, 11) is 0. The van der Waals surface area contributed by atoms with Gasteiger partial charge in [-0.05, 0) is 24.8 Å². The van der Waals surface area contributed by atoms with E-state index in [1.165, 1.54) is 18.9 Å². The molecule has 1 aromatic carbocycles. The molecule has 0 saturated heterocycles. The molecular weight excluding hydrogens is 202 g/mol. The third kappa shape index (κ3) is 8.00. The normalized spacial score (nSPS) is 11.6. The topological polar surface area (TPSA) is 63.3 Å². The second kappa shape index (κ2) is 7.88. The number of benzene rings is 1. The molecule has 1 rings (SSSR count). The zero-order valence-corrected chi connectivity index (χ0v) is 10.2. The second-order valence-electron chi connectivity index (χ2n) is 4.21. The molecule has 3 heteroatoms. The van der Waals surface area contributed by atoms with Crippen LogP contribution in [0.2, 0.25) is 0 Å². The predicted octanol–water partition coefficient (Wildman–Crippen LogP) is 2.30. The first kappa shape index (κ1) is 14.6. The molecular formula is C13H21NO2. The lowest BCUT2D eigenvalue weighted by atomic mass is 10.0. The largest absolute Gasteiger partial charge is 0.480 e. The number of carbonyl (C=O) groups is 1. The van der Waals surface area contributed by atoms with E-state index in [0.29, 0.717) is 0 Å². The van der Waals surface area contributed by atoms with E-state index in [2.05, 4.69) is 44.2 Å². The van der Waals surface area contributed by atoms with E-state index < -0.39 is 12.0 Å². The summed E-state index contributed by atoms with van der Waals surface area (Å²) in [6, 6.07) is 9.88. The zero-order chi connectivity index (χ0) is 12.6. The van der Waals surface area contributed by atoms with Gasteiger partial charge in [0.2, 0.25) is 0 Å². The minimum absolute atomic E-state index is 0.731. The van der Waals surface area contributed by atoms with E-state index >= 15 is 0 Å². The lowest BCUT2D eigenvalue weighted by Crippen LogP contribution is -2.25. The molecule has 0 spiro atoms. The summed E-state index contributed by atoms with van der Waals surface area (Å²) in [5.41, 5.74) is 6.28. The molecule has 0 aliphatic heterocycles. The van der Waals surface area contributed by atoms with Crippen LogP contribution in [0.4, 0.5) is 0 Å². The van der Waals surface area contributed by atoms with E-state index in [0.717, 1.165) is 5.92 Å². The number of carboxylic acid groups (broad SMARTS) is 1. The van der Waals surface area contributed by atoms with Crippen LogP contribution in [0, 0.1) is 5.92 Å². The van der Waals surface area contributed by atoms with Crippen LogP contribution in [-0.4, -0.2) is 17.1 Å². The highest BCUT2D eigenvalue weighted by Crippen LogP contribution is 2.05. The first-order valence-electron chi connectivity index (χ1n) is 5.45. The van der Waals surface area contributed by atoms with E-state index in [9.17, 15) is 4.79 Å². The van der Waals surface area contributed by atoms with Crippen molar-refractivity contribution in [1.82, 2.24) is 0 Å². The van der Waals surface area contributed by atoms with Gasteiger partial charge >= 0.3 is 5.97 Å². The van der Waals surface area contributed by atoms with E-state index in [1.807, 2.05) is 0 Å². The van der Waals surface area contributed by atoms with Crippen molar-refractivity contribution in [2.75, 3.05) is 0 Å². The maximum absolute atomic E-state index is 9.57. The molecule has 0 bridgehead atoms. The molecule has 3 N–H and O–H groups in total. The fourth-order valence-corrected chi connectivity index (χ4v) is 1.09. The molecule has 90 valence electrons. The molecule has 3 nitrogen and oxygen atoms in total. The summed E-state index contributed by atoms with van der Waals surface area (Å²) in [6.45, 7) is 5.91. The Kier molecular flexibility index (Phi) is 7.21. The molecule has 1 atom stereocenters. The van der Waals surface area contributed by atoms with Gasteiger partial charge in [0, 0.05) is 0 Å². The predicted molar refractivity (Wildman–Crippen MR) is 66.3 cm³/mol. The van der Waals surface area contributed by atoms with Crippen LogP contribution in [0.3, 0.4) is 0 Å². The Hall–Kier alpha value is -1.35. The Morgan fingerprint density at radius 3 is 2.00 bits per heavy atom. The van der Waals surface area contributed by atoms with E-state index in [1.54, 1.807) is 0 Å². The highest BCUT2D eigenvalue weighted by molar-refractivity contribution is 5.72. The maximum atomic E-state index is 9.57. The third-order valence-electron chi connectivity index (χ3n) is 1.88. The average molecular weight is 223 g/mol. The van der Waals surface area contributed by atoms with E-state index in [-0.39, 0.29) is 0 Å². The Morgan fingerprint density at radius 2 is 1.69 bits per heavy atom. The van der Waals surface area contributed by atoms with Gasteiger partial charge in [0.05, 0.1) is 0 Å². The Balaban J connectivity index is 0.000000325. The van der Waals surface area contributed by atoms with Crippen LogP contribution in [0.1, 0.15) is 26.3 Å². The molecule has 1 aromatic rings. The van der Waals surface area contributed by atoms with E-state index in [4.69, 9.17) is 10.8 Å². The van der Waals surface area contributed by atoms with Crippen molar-refractivity contribution in [2.45, 2.75) is 33.2 Å². The van der Waals surface area contributed by atoms with Crippen molar-refractivity contribution in [3.63, 3.8) is 0 Å². The van der Waals surface area contributed by atoms with Crippen LogP contribution < -0.4 is 5.73 Å². The summed E-state index contributed by atoms with van der Waals surface area (Å²) in [5, 5.41) is 7.87. The fourth-order valence-electron chi connectivity index (χ4n) is 1.09. The quantitative estimate of drug-likeness (QED) is 0.826. The van der Waals surface area contributed by atoms with Crippen molar-refractivity contribution in [2.24, 2.45) is 11.7 Å². The molecule has 0 amide bonds.